The van der Waals surface area contributed by atoms with Crippen molar-refractivity contribution in [1.82, 2.24) is 20.5 Å². The van der Waals surface area contributed by atoms with Crippen LogP contribution in [0.3, 0.4) is 0 Å². The maximum atomic E-state index is 13.1. The van der Waals surface area contributed by atoms with Gasteiger partial charge in [-0.05, 0) is 37.6 Å². The number of aliphatic carboxylic acids is 1. The summed E-state index contributed by atoms with van der Waals surface area (Å²) in [5.41, 5.74) is 0.782. The Balaban J connectivity index is 1.46. The van der Waals surface area contributed by atoms with Crippen LogP contribution in [-0.2, 0) is 16.0 Å². The number of rotatable bonds is 5. The molecule has 1 aliphatic heterocycles. The Bertz CT molecular complexity index is 1370. The van der Waals surface area contributed by atoms with Gasteiger partial charge in [-0.3, -0.25) is 19.5 Å². The zero-order chi connectivity index (χ0) is 25.9. The molecule has 0 spiro atoms. The average molecular weight is 488 g/mol. The summed E-state index contributed by atoms with van der Waals surface area (Å²) < 4.78 is 5.79. The van der Waals surface area contributed by atoms with E-state index in [4.69, 9.17) is 4.74 Å². The topological polar surface area (TPSA) is 138 Å². The molecular formula is C26H25N5O5. The van der Waals surface area contributed by atoms with Crippen LogP contribution in [0.15, 0.2) is 48.5 Å². The summed E-state index contributed by atoms with van der Waals surface area (Å²) in [6.07, 6.45) is 0.486. The van der Waals surface area contributed by atoms with Crippen LogP contribution in [0.5, 0.6) is 5.75 Å². The third kappa shape index (κ3) is 5.36. The number of carbonyl (C=O) groups excluding carboxylic acids is 2. The number of aromatic amines is 1. The van der Waals surface area contributed by atoms with E-state index in [9.17, 15) is 19.5 Å². The average Bonchev–Trinajstić information content (AvgIpc) is 3.29. The van der Waals surface area contributed by atoms with Crippen LogP contribution in [0.4, 0.5) is 5.69 Å². The molecule has 184 valence electrons. The van der Waals surface area contributed by atoms with E-state index >= 15 is 0 Å². The van der Waals surface area contributed by atoms with Crippen LogP contribution >= 0.6 is 0 Å². The van der Waals surface area contributed by atoms with Crippen molar-refractivity contribution in [3.8, 4) is 17.6 Å². The molecule has 1 atom stereocenters. The highest BCUT2D eigenvalue weighted by Gasteiger charge is 2.32. The van der Waals surface area contributed by atoms with Gasteiger partial charge in [-0.2, -0.15) is 0 Å². The maximum Gasteiger partial charge on any atom is 0.321 e. The van der Waals surface area contributed by atoms with Crippen LogP contribution in [0, 0.1) is 17.3 Å². The lowest BCUT2D eigenvalue weighted by molar-refractivity contribution is -0.143. The molecule has 2 aromatic carbocycles. The number of likely N-dealkylation sites (N-methyl/N-ethyl adjacent to an activating group) is 1. The van der Waals surface area contributed by atoms with Gasteiger partial charge in [-0.15, -0.1) is 5.10 Å². The molecular weight excluding hydrogens is 462 g/mol. The number of benzene rings is 2. The lowest BCUT2D eigenvalue weighted by atomic mass is 9.94. The number of nitrogens with one attached hydrogen (secondary N) is 2. The number of nitrogens with zero attached hydrogens (tertiary/aromatic N) is 3. The second kappa shape index (κ2) is 9.92. The Labute approximate surface area is 207 Å². The smallest absolute Gasteiger partial charge is 0.321 e. The van der Waals surface area contributed by atoms with Crippen LogP contribution < -0.4 is 15.0 Å². The molecule has 10 heteroatoms. The van der Waals surface area contributed by atoms with Crippen LogP contribution in [0.1, 0.15) is 41.4 Å². The normalized spacial score (nSPS) is 15.1. The first-order valence-electron chi connectivity index (χ1n) is 11.2. The third-order valence-corrected chi connectivity index (χ3v) is 5.66. The minimum atomic E-state index is -1.22. The SMILES string of the molecule is CN1C(=O)C(NC(=O)c2n[nH]c(Cc3ccccc3)n2)COc2ccc(C#CC(C)(C)C(=O)O)cc21. The molecule has 0 saturated heterocycles. The molecule has 0 fully saturated rings. The first kappa shape index (κ1) is 24.5. The van der Waals surface area contributed by atoms with E-state index in [-0.39, 0.29) is 12.4 Å². The summed E-state index contributed by atoms with van der Waals surface area (Å²) >= 11 is 0. The summed E-state index contributed by atoms with van der Waals surface area (Å²) in [5, 5.41) is 18.6. The molecule has 1 aliphatic rings. The molecule has 2 amide bonds. The fraction of sp³-hybridized carbons (Fsp3) is 0.269. The van der Waals surface area contributed by atoms with Gasteiger partial charge >= 0.3 is 5.97 Å². The van der Waals surface area contributed by atoms with Crippen molar-refractivity contribution in [2.45, 2.75) is 26.3 Å². The number of aromatic nitrogens is 3. The quantitative estimate of drug-likeness (QED) is 0.468. The number of carbonyl (C=O) groups is 3. The largest absolute Gasteiger partial charge is 0.489 e. The minimum Gasteiger partial charge on any atom is -0.489 e. The predicted octanol–water partition coefficient (Wildman–Crippen LogP) is 2.01. The van der Waals surface area contributed by atoms with Gasteiger partial charge in [0.2, 0.25) is 5.82 Å². The number of carboxylic acids is 1. The van der Waals surface area contributed by atoms with Crippen LogP contribution in [-0.4, -0.2) is 57.8 Å². The van der Waals surface area contributed by atoms with Gasteiger partial charge in [0.25, 0.3) is 11.8 Å². The van der Waals surface area contributed by atoms with E-state index < -0.39 is 29.2 Å². The van der Waals surface area contributed by atoms with Gasteiger partial charge in [-0.1, -0.05) is 42.2 Å². The lowest BCUT2D eigenvalue weighted by Crippen LogP contribution is -2.49. The number of amides is 2. The van der Waals surface area contributed by atoms with Crippen molar-refractivity contribution in [2.75, 3.05) is 18.6 Å². The van der Waals surface area contributed by atoms with E-state index in [1.54, 1.807) is 25.2 Å². The molecule has 3 aromatic rings. The molecule has 0 saturated carbocycles. The zero-order valence-corrected chi connectivity index (χ0v) is 20.0. The Kier molecular flexibility index (Phi) is 6.74. The van der Waals surface area contributed by atoms with E-state index in [0.29, 0.717) is 29.2 Å². The van der Waals surface area contributed by atoms with Gasteiger partial charge in [0, 0.05) is 19.0 Å². The van der Waals surface area contributed by atoms with Crippen LogP contribution in [0.2, 0.25) is 0 Å². The number of fused-ring (bicyclic) bond motifs is 1. The number of hydrogen-bond donors (Lipinski definition) is 3. The summed E-state index contributed by atoms with van der Waals surface area (Å²) in [7, 11) is 1.57. The number of hydrogen-bond acceptors (Lipinski definition) is 6. The standard InChI is InChI=1S/C26H25N5O5/c1-26(2,25(34)35)12-11-17-9-10-20-19(13-17)31(3)24(33)18(15-36-20)27-23(32)22-28-21(29-30-22)14-16-7-5-4-6-8-16/h4-10,13,18H,14-15H2,1-3H3,(H,27,32)(H,34,35)(H,28,29,30). The second-order valence-corrected chi connectivity index (χ2v) is 8.87. The summed E-state index contributed by atoms with van der Waals surface area (Å²) in [5.74, 6) is 4.44. The number of carboxylic acid groups (broad SMARTS) is 1. The summed E-state index contributed by atoms with van der Waals surface area (Å²) in [6, 6.07) is 13.7. The van der Waals surface area contributed by atoms with Gasteiger partial charge < -0.3 is 20.1 Å². The maximum absolute atomic E-state index is 13.1. The summed E-state index contributed by atoms with van der Waals surface area (Å²) in [6.45, 7) is 2.94. The lowest BCUT2D eigenvalue weighted by Gasteiger charge is -2.20. The zero-order valence-electron chi connectivity index (χ0n) is 20.0. The Morgan fingerprint density at radius 2 is 2.00 bits per heavy atom. The first-order chi connectivity index (χ1) is 17.1. The minimum absolute atomic E-state index is 0.0725. The first-order valence-corrected chi connectivity index (χ1v) is 11.2. The number of H-pyrrole nitrogens is 1. The molecule has 1 unspecified atom stereocenters. The Morgan fingerprint density at radius 1 is 1.25 bits per heavy atom. The second-order valence-electron chi connectivity index (χ2n) is 8.87. The van der Waals surface area contributed by atoms with Gasteiger partial charge in [0.15, 0.2) is 0 Å². The molecule has 0 radical (unpaired) electrons. The van der Waals surface area contributed by atoms with Crippen molar-refractivity contribution in [3.63, 3.8) is 0 Å². The highest BCUT2D eigenvalue weighted by molar-refractivity contribution is 6.02. The number of anilines is 1. The van der Waals surface area contributed by atoms with Gasteiger partial charge in [0.1, 0.15) is 29.6 Å². The van der Waals surface area contributed by atoms with E-state index in [1.165, 1.54) is 18.7 Å². The fourth-order valence-electron chi connectivity index (χ4n) is 3.45. The van der Waals surface area contributed by atoms with E-state index in [2.05, 4.69) is 32.3 Å². The molecule has 0 aliphatic carbocycles. The van der Waals surface area contributed by atoms with Crippen molar-refractivity contribution in [1.29, 1.82) is 0 Å². The van der Waals surface area contributed by atoms with Gasteiger partial charge in [-0.25, -0.2) is 4.98 Å². The Hall–Kier alpha value is -4.65. The fourth-order valence-corrected chi connectivity index (χ4v) is 3.45. The van der Waals surface area contributed by atoms with Gasteiger partial charge in [0.05, 0.1) is 5.69 Å². The highest BCUT2D eigenvalue weighted by atomic mass is 16.5. The predicted molar refractivity (Wildman–Crippen MR) is 131 cm³/mol. The molecule has 3 N–H and O–H groups in total. The molecule has 1 aromatic heterocycles. The number of ether oxygens (including phenoxy) is 1. The molecule has 2 heterocycles. The van der Waals surface area contributed by atoms with E-state index in [0.717, 1.165) is 5.56 Å². The molecule has 36 heavy (non-hydrogen) atoms. The molecule has 0 bridgehead atoms. The van der Waals surface area contributed by atoms with Crippen molar-refractivity contribution in [3.05, 3.63) is 71.3 Å². The van der Waals surface area contributed by atoms with E-state index in [1.807, 2.05) is 30.3 Å². The third-order valence-electron chi connectivity index (χ3n) is 5.66. The van der Waals surface area contributed by atoms with Crippen molar-refractivity contribution in [2.24, 2.45) is 5.41 Å². The highest BCUT2D eigenvalue weighted by Crippen LogP contribution is 2.31. The van der Waals surface area contributed by atoms with Crippen LogP contribution in [0.25, 0.3) is 0 Å². The molecule has 10 nitrogen and oxygen atoms in total. The van der Waals surface area contributed by atoms with Crippen molar-refractivity contribution >= 4 is 23.5 Å². The molecule has 4 rings (SSSR count). The van der Waals surface area contributed by atoms with Crippen molar-refractivity contribution < 1.29 is 24.2 Å². The summed E-state index contributed by atoms with van der Waals surface area (Å²) in [4.78, 5) is 42.8. The Morgan fingerprint density at radius 3 is 2.72 bits per heavy atom. The monoisotopic (exact) mass is 487 g/mol.